The van der Waals surface area contributed by atoms with Crippen LogP contribution in [0.4, 0.5) is 5.82 Å². The fraction of sp³-hybridized carbons (Fsp3) is 0.433. The van der Waals surface area contributed by atoms with E-state index >= 15 is 0 Å². The zero-order valence-electron chi connectivity index (χ0n) is 21.8. The molecule has 2 fully saturated rings. The van der Waals surface area contributed by atoms with Gasteiger partial charge in [-0.3, -0.25) is 9.69 Å². The van der Waals surface area contributed by atoms with Crippen LogP contribution in [0.1, 0.15) is 40.9 Å². The van der Waals surface area contributed by atoms with Gasteiger partial charge in [-0.1, -0.05) is 54.6 Å². The molecule has 0 bridgehead atoms. The van der Waals surface area contributed by atoms with E-state index in [1.165, 1.54) is 11.1 Å². The van der Waals surface area contributed by atoms with Crippen molar-refractivity contribution in [3.05, 3.63) is 77.5 Å². The summed E-state index contributed by atoms with van der Waals surface area (Å²) in [4.78, 5) is 27.2. The number of nitrogens with zero attached hydrogens (tertiary/aromatic N) is 4. The van der Waals surface area contributed by atoms with Crippen molar-refractivity contribution in [3.8, 4) is 11.4 Å². The van der Waals surface area contributed by atoms with Gasteiger partial charge in [0.2, 0.25) is 0 Å². The highest BCUT2D eigenvalue weighted by molar-refractivity contribution is 5.93. The van der Waals surface area contributed by atoms with E-state index < -0.39 is 6.10 Å². The molecule has 1 saturated carbocycles. The summed E-state index contributed by atoms with van der Waals surface area (Å²) in [6, 6.07) is 20.3. The van der Waals surface area contributed by atoms with Gasteiger partial charge in [-0.25, -0.2) is 9.97 Å². The predicted octanol–water partition coefficient (Wildman–Crippen LogP) is 3.37. The van der Waals surface area contributed by atoms with Crippen LogP contribution in [0.15, 0.2) is 60.7 Å². The quantitative estimate of drug-likeness (QED) is 0.522. The second-order valence-corrected chi connectivity index (χ2v) is 10.7. The molecule has 2 aliphatic heterocycles. The number of hydrogen-bond acceptors (Lipinski definition) is 7. The van der Waals surface area contributed by atoms with Crippen LogP contribution in [0.3, 0.4) is 0 Å². The molecule has 2 N–H and O–H groups in total. The van der Waals surface area contributed by atoms with Crippen LogP contribution in [0.5, 0.6) is 0 Å². The number of aliphatic hydroxyl groups excluding tert-OH is 1. The number of rotatable bonds is 6. The molecule has 1 aromatic heterocycles. The maximum absolute atomic E-state index is 13.7. The summed E-state index contributed by atoms with van der Waals surface area (Å²) >= 11 is 0. The summed E-state index contributed by atoms with van der Waals surface area (Å²) in [5.74, 6) is 0.991. The van der Waals surface area contributed by atoms with Crippen molar-refractivity contribution in [2.75, 3.05) is 32.1 Å². The van der Waals surface area contributed by atoms with Gasteiger partial charge < -0.3 is 20.1 Å². The topological polar surface area (TPSA) is 90.8 Å². The highest BCUT2D eigenvalue weighted by atomic mass is 16.5. The number of aliphatic hydroxyl groups is 1. The van der Waals surface area contributed by atoms with E-state index in [2.05, 4.69) is 39.5 Å². The van der Waals surface area contributed by atoms with Crippen LogP contribution in [0.2, 0.25) is 0 Å². The second-order valence-electron chi connectivity index (χ2n) is 10.7. The van der Waals surface area contributed by atoms with Gasteiger partial charge in [0.05, 0.1) is 12.2 Å². The van der Waals surface area contributed by atoms with Crippen LogP contribution in [-0.2, 0) is 17.7 Å². The number of piperidine rings is 1. The van der Waals surface area contributed by atoms with E-state index in [9.17, 15) is 9.90 Å². The number of nitrogens with one attached hydrogen (secondary N) is 1. The Morgan fingerprint density at radius 3 is 2.55 bits per heavy atom. The van der Waals surface area contributed by atoms with Crippen molar-refractivity contribution >= 4 is 11.7 Å². The van der Waals surface area contributed by atoms with Gasteiger partial charge in [0.15, 0.2) is 5.82 Å². The molecule has 8 heteroatoms. The minimum absolute atomic E-state index is 0.0438. The second kappa shape index (κ2) is 10.8. The number of hydrogen-bond donors (Lipinski definition) is 2. The monoisotopic (exact) mass is 513 g/mol. The summed E-state index contributed by atoms with van der Waals surface area (Å²) < 4.78 is 5.41. The normalized spacial score (nSPS) is 25.4. The number of amides is 1. The molecule has 2 aromatic carbocycles. The maximum Gasteiger partial charge on any atom is 0.272 e. The lowest BCUT2D eigenvalue weighted by atomic mass is 9.89. The van der Waals surface area contributed by atoms with Crippen LogP contribution in [0, 0.1) is 0 Å². The smallest absolute Gasteiger partial charge is 0.272 e. The molecule has 2 atom stereocenters. The number of β-amino-alcohol motifs (C(OH)–C–C–N with tert-alkyl or cyclic N) is 1. The maximum atomic E-state index is 13.7. The summed E-state index contributed by atoms with van der Waals surface area (Å²) in [5, 5.41) is 14.6. The number of benzene rings is 2. The molecule has 1 amide bonds. The lowest BCUT2D eigenvalue weighted by Crippen LogP contribution is -2.56. The highest BCUT2D eigenvalue weighted by Gasteiger charge is 2.36. The number of carbonyl (C=O) groups excluding carboxylic acids is 1. The van der Waals surface area contributed by atoms with E-state index in [0.717, 1.165) is 44.3 Å². The summed E-state index contributed by atoms with van der Waals surface area (Å²) in [6.45, 7) is 2.66. The predicted molar refractivity (Wildman–Crippen MR) is 146 cm³/mol. The molecule has 2 unspecified atom stereocenters. The number of likely N-dealkylation sites (tertiary alicyclic amines) is 1. The standard InChI is InChI=1S/C30H35N5O3/c1-38-24-15-23(16-24)31-28-17-25(32-29(33-28)21-8-3-2-4-9-21)30(37)35-14-12-26(27(36)19-35)34-13-11-20-7-5-6-10-22(20)18-34/h2-10,17,23-24,26-27,36H,11-16,18-19H2,1H3,(H,31,32,33)/t23-,24-,26?,27?. The summed E-state index contributed by atoms with van der Waals surface area (Å²) in [5.41, 5.74) is 3.94. The SMILES string of the molecule is CO[C@H]1C[C@H](Nc2cc(C(=O)N3CCC(N4CCc5ccccc5C4)C(O)C3)nc(-c3ccccc3)n2)C1. The molecule has 6 rings (SSSR count). The third-order valence-electron chi connectivity index (χ3n) is 8.22. The van der Waals surface area contributed by atoms with Gasteiger partial charge in [0, 0.05) is 57.0 Å². The van der Waals surface area contributed by atoms with E-state index in [1.54, 1.807) is 18.1 Å². The van der Waals surface area contributed by atoms with Gasteiger partial charge in [-0.2, -0.15) is 0 Å². The molecule has 198 valence electrons. The molecule has 3 aliphatic rings. The minimum Gasteiger partial charge on any atom is -0.390 e. The van der Waals surface area contributed by atoms with Crippen LogP contribution >= 0.6 is 0 Å². The summed E-state index contributed by atoms with van der Waals surface area (Å²) in [7, 11) is 1.73. The Morgan fingerprint density at radius 2 is 1.79 bits per heavy atom. The molecule has 0 spiro atoms. The molecular formula is C30H35N5O3. The van der Waals surface area contributed by atoms with Crippen LogP contribution in [-0.4, -0.2) is 81.8 Å². The Balaban J connectivity index is 1.17. The van der Waals surface area contributed by atoms with E-state index in [-0.39, 0.29) is 24.1 Å². The number of methoxy groups -OCH3 is 1. The van der Waals surface area contributed by atoms with Gasteiger partial charge in [-0.05, 0) is 36.8 Å². The van der Waals surface area contributed by atoms with Crippen molar-refractivity contribution in [1.82, 2.24) is 19.8 Å². The average molecular weight is 514 g/mol. The minimum atomic E-state index is -0.605. The van der Waals surface area contributed by atoms with Crippen molar-refractivity contribution in [2.24, 2.45) is 0 Å². The first kappa shape index (κ1) is 25.0. The lowest BCUT2D eigenvalue weighted by molar-refractivity contribution is -0.0139. The van der Waals surface area contributed by atoms with E-state index in [0.29, 0.717) is 30.4 Å². The number of fused-ring (bicyclic) bond motifs is 1. The zero-order valence-corrected chi connectivity index (χ0v) is 21.8. The van der Waals surface area contributed by atoms with Gasteiger partial charge in [0.25, 0.3) is 5.91 Å². The molecular weight excluding hydrogens is 478 g/mol. The summed E-state index contributed by atoms with van der Waals surface area (Å²) in [6.07, 6.45) is 3.20. The van der Waals surface area contributed by atoms with Crippen LogP contribution < -0.4 is 5.32 Å². The van der Waals surface area contributed by atoms with Crippen LogP contribution in [0.25, 0.3) is 11.4 Å². The zero-order chi connectivity index (χ0) is 26.1. The fourth-order valence-electron chi connectivity index (χ4n) is 5.92. The van der Waals surface area contributed by atoms with Crippen molar-refractivity contribution in [1.29, 1.82) is 0 Å². The highest BCUT2D eigenvalue weighted by Crippen LogP contribution is 2.29. The first-order chi connectivity index (χ1) is 18.6. The molecule has 8 nitrogen and oxygen atoms in total. The molecule has 1 saturated heterocycles. The molecule has 0 radical (unpaired) electrons. The Morgan fingerprint density at radius 1 is 1.03 bits per heavy atom. The molecule has 1 aliphatic carbocycles. The average Bonchev–Trinajstić information content (AvgIpc) is 2.94. The van der Waals surface area contributed by atoms with E-state index in [4.69, 9.17) is 9.72 Å². The van der Waals surface area contributed by atoms with Crippen molar-refractivity contribution in [2.45, 2.75) is 56.5 Å². The number of carbonyl (C=O) groups is 1. The number of anilines is 1. The molecule has 3 aromatic rings. The number of ether oxygens (including phenoxy) is 1. The van der Waals surface area contributed by atoms with Crippen molar-refractivity contribution < 1.29 is 14.6 Å². The first-order valence-corrected chi connectivity index (χ1v) is 13.6. The third kappa shape index (κ3) is 5.16. The Labute approximate surface area is 223 Å². The first-order valence-electron chi connectivity index (χ1n) is 13.6. The van der Waals surface area contributed by atoms with Gasteiger partial charge >= 0.3 is 0 Å². The number of aromatic nitrogens is 2. The lowest BCUT2D eigenvalue weighted by Gasteiger charge is -2.43. The fourth-order valence-corrected chi connectivity index (χ4v) is 5.92. The largest absolute Gasteiger partial charge is 0.390 e. The van der Waals surface area contributed by atoms with Crippen molar-refractivity contribution in [3.63, 3.8) is 0 Å². The van der Waals surface area contributed by atoms with E-state index in [1.807, 2.05) is 30.3 Å². The molecule has 3 heterocycles. The third-order valence-corrected chi connectivity index (χ3v) is 8.22. The van der Waals surface area contributed by atoms with Gasteiger partial charge in [-0.15, -0.1) is 0 Å². The Bertz CT molecular complexity index is 1280. The van der Waals surface area contributed by atoms with Gasteiger partial charge in [0.1, 0.15) is 11.5 Å². The Hall–Kier alpha value is -3.33. The molecule has 38 heavy (non-hydrogen) atoms. The Kier molecular flexibility index (Phi) is 7.10.